The Morgan fingerprint density at radius 1 is 1.06 bits per heavy atom. The standard InChI is InChI=1S/C22H20Cl2N6O3/c23-15-3-5-19(18(24)11-15)29-21(14-1-2-14)17(13-26-29)22(31)28-9-7-27(8-10-28)20-6-4-16(12-25-20)30(32)33/h3-6,11-14H,1-2,7-10H2. The highest BCUT2D eigenvalue weighted by molar-refractivity contribution is 6.35. The number of halogens is 2. The van der Waals surface area contributed by atoms with Crippen molar-refractivity contribution in [1.82, 2.24) is 19.7 Å². The molecule has 3 heterocycles. The predicted molar refractivity (Wildman–Crippen MR) is 125 cm³/mol. The zero-order valence-corrected chi connectivity index (χ0v) is 19.0. The van der Waals surface area contributed by atoms with E-state index >= 15 is 0 Å². The number of rotatable bonds is 5. The Kier molecular flexibility index (Phi) is 5.67. The first-order valence-corrected chi connectivity index (χ1v) is 11.4. The number of aromatic nitrogens is 3. The Hall–Kier alpha value is -3.17. The molecule has 1 amide bonds. The number of amides is 1. The molecule has 5 rings (SSSR count). The Morgan fingerprint density at radius 2 is 1.82 bits per heavy atom. The summed E-state index contributed by atoms with van der Waals surface area (Å²) in [6, 6.07) is 8.32. The van der Waals surface area contributed by atoms with Gasteiger partial charge >= 0.3 is 0 Å². The molecule has 1 aromatic carbocycles. The minimum absolute atomic E-state index is 0.0435. The number of anilines is 1. The summed E-state index contributed by atoms with van der Waals surface area (Å²) < 4.78 is 1.76. The maximum Gasteiger partial charge on any atom is 0.287 e. The summed E-state index contributed by atoms with van der Waals surface area (Å²) in [4.78, 5) is 31.8. The second kappa shape index (κ2) is 8.64. The minimum atomic E-state index is -0.470. The lowest BCUT2D eigenvalue weighted by atomic mass is 10.1. The van der Waals surface area contributed by atoms with Crippen molar-refractivity contribution >= 4 is 40.6 Å². The highest BCUT2D eigenvalue weighted by Crippen LogP contribution is 2.43. The van der Waals surface area contributed by atoms with Crippen LogP contribution in [0.2, 0.25) is 10.0 Å². The number of hydrogen-bond acceptors (Lipinski definition) is 6. The highest BCUT2D eigenvalue weighted by Gasteiger charge is 2.35. The molecule has 2 aromatic heterocycles. The van der Waals surface area contributed by atoms with Crippen molar-refractivity contribution in [3.8, 4) is 5.69 Å². The van der Waals surface area contributed by atoms with E-state index in [1.165, 1.54) is 12.3 Å². The van der Waals surface area contributed by atoms with Gasteiger partial charge < -0.3 is 9.80 Å². The van der Waals surface area contributed by atoms with Crippen LogP contribution in [0, 0.1) is 10.1 Å². The lowest BCUT2D eigenvalue weighted by Gasteiger charge is -2.35. The Balaban J connectivity index is 1.33. The van der Waals surface area contributed by atoms with Crippen LogP contribution in [0.15, 0.2) is 42.7 Å². The maximum atomic E-state index is 13.4. The number of carbonyl (C=O) groups excluding carboxylic acids is 1. The van der Waals surface area contributed by atoms with Gasteiger partial charge in [-0.2, -0.15) is 5.10 Å². The van der Waals surface area contributed by atoms with Crippen LogP contribution in [0.3, 0.4) is 0 Å². The molecule has 1 saturated carbocycles. The summed E-state index contributed by atoms with van der Waals surface area (Å²) in [6.45, 7) is 2.22. The molecule has 0 N–H and O–H groups in total. The molecule has 2 fully saturated rings. The molecule has 0 spiro atoms. The molecule has 0 radical (unpaired) electrons. The van der Waals surface area contributed by atoms with Crippen LogP contribution in [0.5, 0.6) is 0 Å². The molecule has 0 unspecified atom stereocenters. The Labute approximate surface area is 199 Å². The molecule has 3 aromatic rings. The summed E-state index contributed by atoms with van der Waals surface area (Å²) in [5.41, 5.74) is 2.16. The normalized spacial score (nSPS) is 16.2. The van der Waals surface area contributed by atoms with E-state index in [4.69, 9.17) is 23.2 Å². The van der Waals surface area contributed by atoms with Gasteiger partial charge in [0.05, 0.1) is 33.1 Å². The van der Waals surface area contributed by atoms with E-state index < -0.39 is 4.92 Å². The minimum Gasteiger partial charge on any atom is -0.353 e. The molecular formula is C22H20Cl2N6O3. The molecule has 33 heavy (non-hydrogen) atoms. The molecule has 170 valence electrons. The molecule has 1 aliphatic carbocycles. The van der Waals surface area contributed by atoms with Gasteiger partial charge in [-0.1, -0.05) is 23.2 Å². The van der Waals surface area contributed by atoms with E-state index in [-0.39, 0.29) is 17.5 Å². The van der Waals surface area contributed by atoms with E-state index in [1.807, 2.05) is 15.9 Å². The van der Waals surface area contributed by atoms with Gasteiger partial charge in [0.2, 0.25) is 0 Å². The zero-order valence-electron chi connectivity index (χ0n) is 17.5. The number of nitro groups is 1. The van der Waals surface area contributed by atoms with Crippen molar-refractivity contribution in [2.75, 3.05) is 31.1 Å². The smallest absolute Gasteiger partial charge is 0.287 e. The van der Waals surface area contributed by atoms with Gasteiger partial charge in [0, 0.05) is 43.2 Å². The van der Waals surface area contributed by atoms with E-state index in [9.17, 15) is 14.9 Å². The summed E-state index contributed by atoms with van der Waals surface area (Å²) in [5, 5.41) is 16.4. The third-order valence-electron chi connectivity index (χ3n) is 5.97. The summed E-state index contributed by atoms with van der Waals surface area (Å²) in [5.74, 6) is 0.893. The quantitative estimate of drug-likeness (QED) is 0.393. The molecule has 1 saturated heterocycles. The van der Waals surface area contributed by atoms with Gasteiger partial charge in [-0.15, -0.1) is 0 Å². The maximum absolute atomic E-state index is 13.4. The van der Waals surface area contributed by atoms with Crippen LogP contribution in [0.1, 0.15) is 34.8 Å². The molecule has 0 bridgehead atoms. The lowest BCUT2D eigenvalue weighted by Crippen LogP contribution is -2.49. The molecule has 1 aliphatic heterocycles. The SMILES string of the molecule is O=C(c1cnn(-c2ccc(Cl)cc2Cl)c1C1CC1)N1CCN(c2ccc([N+](=O)[O-])cn2)CC1. The second-order valence-corrected chi connectivity index (χ2v) is 8.98. The summed E-state index contributed by atoms with van der Waals surface area (Å²) in [7, 11) is 0. The van der Waals surface area contributed by atoms with Gasteiger partial charge in [-0.05, 0) is 37.1 Å². The molecule has 0 atom stereocenters. The zero-order chi connectivity index (χ0) is 23.1. The van der Waals surface area contributed by atoms with Crippen molar-refractivity contribution in [2.45, 2.75) is 18.8 Å². The van der Waals surface area contributed by atoms with E-state index in [2.05, 4.69) is 10.1 Å². The van der Waals surface area contributed by atoms with Gasteiger partial charge in [-0.25, -0.2) is 9.67 Å². The van der Waals surface area contributed by atoms with Crippen molar-refractivity contribution in [3.05, 3.63) is 74.1 Å². The number of nitrogens with zero attached hydrogens (tertiary/aromatic N) is 6. The van der Waals surface area contributed by atoms with Gasteiger partial charge in [0.1, 0.15) is 12.0 Å². The summed E-state index contributed by atoms with van der Waals surface area (Å²) >= 11 is 12.5. The van der Waals surface area contributed by atoms with Gasteiger partial charge in [-0.3, -0.25) is 14.9 Å². The van der Waals surface area contributed by atoms with Crippen LogP contribution in [-0.2, 0) is 0 Å². The van der Waals surface area contributed by atoms with Crippen LogP contribution in [0.4, 0.5) is 11.5 Å². The summed E-state index contributed by atoms with van der Waals surface area (Å²) in [6.07, 6.45) is 4.91. The number of piperazine rings is 1. The van der Waals surface area contributed by atoms with E-state index in [0.717, 1.165) is 18.5 Å². The third-order valence-corrected chi connectivity index (χ3v) is 6.51. The van der Waals surface area contributed by atoms with Crippen molar-refractivity contribution in [1.29, 1.82) is 0 Å². The average molecular weight is 487 g/mol. The van der Waals surface area contributed by atoms with Crippen molar-refractivity contribution < 1.29 is 9.72 Å². The first-order valence-electron chi connectivity index (χ1n) is 10.6. The number of benzene rings is 1. The first kappa shape index (κ1) is 21.7. The van der Waals surface area contributed by atoms with Gasteiger partial charge in [0.25, 0.3) is 11.6 Å². The van der Waals surface area contributed by atoms with Crippen LogP contribution in [0.25, 0.3) is 5.69 Å². The van der Waals surface area contributed by atoms with Crippen LogP contribution < -0.4 is 4.90 Å². The van der Waals surface area contributed by atoms with Gasteiger partial charge in [0.15, 0.2) is 0 Å². The highest BCUT2D eigenvalue weighted by atomic mass is 35.5. The van der Waals surface area contributed by atoms with E-state index in [0.29, 0.717) is 53.3 Å². The molecule has 9 nitrogen and oxygen atoms in total. The number of hydrogen-bond donors (Lipinski definition) is 0. The topological polar surface area (TPSA) is 97.4 Å². The second-order valence-electron chi connectivity index (χ2n) is 8.14. The third kappa shape index (κ3) is 4.26. The largest absolute Gasteiger partial charge is 0.353 e. The van der Waals surface area contributed by atoms with E-state index in [1.54, 1.807) is 29.1 Å². The first-order chi connectivity index (χ1) is 15.9. The van der Waals surface area contributed by atoms with Crippen molar-refractivity contribution in [2.24, 2.45) is 0 Å². The molecule has 2 aliphatic rings. The fraction of sp³-hybridized carbons (Fsp3) is 0.318. The predicted octanol–water partition coefficient (Wildman–Crippen LogP) is 4.32. The average Bonchev–Trinajstić information content (AvgIpc) is 3.57. The lowest BCUT2D eigenvalue weighted by molar-refractivity contribution is -0.385. The number of carbonyl (C=O) groups is 1. The van der Waals surface area contributed by atoms with Crippen LogP contribution in [-0.4, -0.2) is 56.7 Å². The van der Waals surface area contributed by atoms with Crippen molar-refractivity contribution in [3.63, 3.8) is 0 Å². The fourth-order valence-electron chi connectivity index (χ4n) is 4.10. The monoisotopic (exact) mass is 486 g/mol. The fourth-order valence-corrected chi connectivity index (χ4v) is 4.59. The van der Waals surface area contributed by atoms with Crippen LogP contribution >= 0.6 is 23.2 Å². The molecule has 11 heteroatoms. The molecular weight excluding hydrogens is 467 g/mol. The Bertz CT molecular complexity index is 1220. The number of pyridine rings is 1. The Morgan fingerprint density at radius 3 is 2.42 bits per heavy atom.